The van der Waals surface area contributed by atoms with Crippen LogP contribution < -0.4 is 14.8 Å². The molecule has 4 aliphatic carbocycles. The molecule has 168 valence electrons. The van der Waals surface area contributed by atoms with Crippen molar-refractivity contribution in [2.24, 2.45) is 23.2 Å². The van der Waals surface area contributed by atoms with Crippen molar-refractivity contribution in [3.63, 3.8) is 0 Å². The number of amides is 1. The third kappa shape index (κ3) is 4.73. The van der Waals surface area contributed by atoms with Gasteiger partial charge in [0.2, 0.25) is 0 Å². The fraction of sp³-hybridized carbons (Fsp3) is 0.600. The van der Waals surface area contributed by atoms with Crippen LogP contribution in [0.1, 0.15) is 51.0 Å². The Labute approximate surface area is 184 Å². The number of carbonyl (C=O) groups excluding carboxylic acids is 2. The summed E-state index contributed by atoms with van der Waals surface area (Å²) >= 11 is 0. The zero-order chi connectivity index (χ0) is 22.0. The van der Waals surface area contributed by atoms with E-state index in [1.54, 1.807) is 38.5 Å². The van der Waals surface area contributed by atoms with E-state index >= 15 is 0 Å². The van der Waals surface area contributed by atoms with E-state index in [0.29, 0.717) is 17.1 Å². The molecule has 0 aromatic heterocycles. The Morgan fingerprint density at radius 2 is 1.74 bits per heavy atom. The monoisotopic (exact) mass is 427 g/mol. The Morgan fingerprint density at radius 1 is 1.10 bits per heavy atom. The first-order chi connectivity index (χ1) is 14.9. The number of carbonyl (C=O) groups is 2. The summed E-state index contributed by atoms with van der Waals surface area (Å²) in [6, 6.07) is 5.43. The highest BCUT2D eigenvalue weighted by Crippen LogP contribution is 2.61. The predicted molar refractivity (Wildman–Crippen MR) is 118 cm³/mol. The van der Waals surface area contributed by atoms with Crippen LogP contribution in [0.2, 0.25) is 0 Å². The van der Waals surface area contributed by atoms with Crippen LogP contribution in [-0.4, -0.2) is 38.7 Å². The zero-order valence-electron chi connectivity index (χ0n) is 18.7. The van der Waals surface area contributed by atoms with Gasteiger partial charge in [0, 0.05) is 17.7 Å². The predicted octanol–water partition coefficient (Wildman–Crippen LogP) is 3.98. The average molecular weight is 428 g/mol. The van der Waals surface area contributed by atoms with E-state index in [4.69, 9.17) is 14.2 Å². The molecule has 6 heteroatoms. The SMILES string of the molecule is COc1ccc(OC)c(/C=C/C(=O)OCC(=O)N[C@H](C)C23CC4CC(CC(C4)C2)C3)c1. The molecule has 0 radical (unpaired) electrons. The summed E-state index contributed by atoms with van der Waals surface area (Å²) in [5.74, 6) is 2.98. The van der Waals surface area contributed by atoms with E-state index in [1.165, 1.54) is 44.6 Å². The fourth-order valence-electron chi connectivity index (χ4n) is 6.46. The molecule has 1 atom stereocenters. The molecule has 1 aromatic rings. The maximum absolute atomic E-state index is 12.5. The van der Waals surface area contributed by atoms with E-state index in [0.717, 1.165) is 17.8 Å². The van der Waals surface area contributed by atoms with Crippen LogP contribution in [0.15, 0.2) is 24.3 Å². The molecule has 4 bridgehead atoms. The Morgan fingerprint density at radius 3 is 2.32 bits per heavy atom. The van der Waals surface area contributed by atoms with Crippen molar-refractivity contribution in [1.29, 1.82) is 0 Å². The van der Waals surface area contributed by atoms with Gasteiger partial charge in [-0.3, -0.25) is 4.79 Å². The molecule has 0 unspecified atom stereocenters. The van der Waals surface area contributed by atoms with Crippen molar-refractivity contribution in [2.45, 2.75) is 51.5 Å². The smallest absolute Gasteiger partial charge is 0.331 e. The fourth-order valence-corrected chi connectivity index (χ4v) is 6.46. The third-order valence-corrected chi connectivity index (χ3v) is 7.56. The van der Waals surface area contributed by atoms with Gasteiger partial charge in [-0.2, -0.15) is 0 Å². The van der Waals surface area contributed by atoms with Gasteiger partial charge >= 0.3 is 5.97 Å². The molecule has 1 amide bonds. The Bertz CT molecular complexity index is 826. The molecule has 4 aliphatic rings. The lowest BCUT2D eigenvalue weighted by Crippen LogP contribution is -2.56. The molecule has 1 N–H and O–H groups in total. The number of hydrogen-bond donors (Lipinski definition) is 1. The highest BCUT2D eigenvalue weighted by Gasteiger charge is 2.53. The van der Waals surface area contributed by atoms with Crippen molar-refractivity contribution in [2.75, 3.05) is 20.8 Å². The molecule has 1 aromatic carbocycles. The van der Waals surface area contributed by atoms with Gasteiger partial charge in [0.15, 0.2) is 6.61 Å². The number of rotatable bonds is 8. The Kier molecular flexibility index (Phi) is 6.26. The summed E-state index contributed by atoms with van der Waals surface area (Å²) in [6.07, 6.45) is 10.7. The van der Waals surface area contributed by atoms with Gasteiger partial charge in [-0.15, -0.1) is 0 Å². The van der Waals surface area contributed by atoms with Crippen molar-refractivity contribution < 1.29 is 23.8 Å². The molecule has 4 saturated carbocycles. The van der Waals surface area contributed by atoms with Crippen LogP contribution in [0, 0.1) is 23.2 Å². The minimum Gasteiger partial charge on any atom is -0.497 e. The van der Waals surface area contributed by atoms with E-state index in [1.807, 2.05) is 0 Å². The summed E-state index contributed by atoms with van der Waals surface area (Å²) < 4.78 is 15.7. The summed E-state index contributed by atoms with van der Waals surface area (Å²) in [5.41, 5.74) is 0.927. The molecule has 31 heavy (non-hydrogen) atoms. The van der Waals surface area contributed by atoms with Gasteiger partial charge in [0.05, 0.1) is 14.2 Å². The highest BCUT2D eigenvalue weighted by molar-refractivity contribution is 5.89. The first-order valence-corrected chi connectivity index (χ1v) is 11.3. The number of methoxy groups -OCH3 is 2. The molecule has 0 aliphatic heterocycles. The average Bonchev–Trinajstić information content (AvgIpc) is 2.75. The van der Waals surface area contributed by atoms with E-state index < -0.39 is 5.97 Å². The third-order valence-electron chi connectivity index (χ3n) is 7.56. The van der Waals surface area contributed by atoms with Crippen LogP contribution in [0.5, 0.6) is 11.5 Å². The highest BCUT2D eigenvalue weighted by atomic mass is 16.5. The number of benzene rings is 1. The van der Waals surface area contributed by atoms with Crippen LogP contribution in [0.4, 0.5) is 0 Å². The minimum atomic E-state index is -0.567. The zero-order valence-corrected chi connectivity index (χ0v) is 18.7. The first-order valence-electron chi connectivity index (χ1n) is 11.3. The second-order valence-corrected chi connectivity index (χ2v) is 9.62. The largest absolute Gasteiger partial charge is 0.497 e. The number of nitrogens with one attached hydrogen (secondary N) is 1. The lowest BCUT2D eigenvalue weighted by Gasteiger charge is -2.59. The summed E-state index contributed by atoms with van der Waals surface area (Å²) in [6.45, 7) is 1.86. The Balaban J connectivity index is 1.28. The molecular formula is C25H33NO5. The molecule has 4 fully saturated rings. The lowest BCUT2D eigenvalue weighted by atomic mass is 9.48. The first kappa shape index (κ1) is 21.7. The Hall–Kier alpha value is -2.50. The second-order valence-electron chi connectivity index (χ2n) is 9.62. The summed E-state index contributed by atoms with van der Waals surface area (Å²) in [7, 11) is 3.14. The topological polar surface area (TPSA) is 73.9 Å². The van der Waals surface area contributed by atoms with Crippen molar-refractivity contribution in [1.82, 2.24) is 5.32 Å². The maximum atomic E-state index is 12.5. The molecule has 0 spiro atoms. The quantitative estimate of drug-likeness (QED) is 0.502. The summed E-state index contributed by atoms with van der Waals surface area (Å²) in [4.78, 5) is 24.6. The van der Waals surface area contributed by atoms with E-state index in [2.05, 4.69) is 12.2 Å². The van der Waals surface area contributed by atoms with Gasteiger partial charge in [-0.05, 0) is 92.9 Å². The van der Waals surface area contributed by atoms with E-state index in [-0.39, 0.29) is 24.0 Å². The van der Waals surface area contributed by atoms with Crippen LogP contribution >= 0.6 is 0 Å². The van der Waals surface area contributed by atoms with E-state index in [9.17, 15) is 9.59 Å². The van der Waals surface area contributed by atoms with Crippen molar-refractivity contribution >= 4 is 18.0 Å². The number of esters is 1. The number of hydrogen-bond acceptors (Lipinski definition) is 5. The molecule has 5 rings (SSSR count). The van der Waals surface area contributed by atoms with Gasteiger partial charge in [0.1, 0.15) is 11.5 Å². The molecule has 0 heterocycles. The molecular weight excluding hydrogens is 394 g/mol. The minimum absolute atomic E-state index is 0.115. The van der Waals surface area contributed by atoms with Crippen LogP contribution in [0.3, 0.4) is 0 Å². The standard InChI is InChI=1S/C25H33NO5/c1-16(25-12-17-8-18(13-25)10-19(9-17)14-25)26-23(27)15-31-24(28)7-4-20-11-21(29-2)5-6-22(20)30-3/h4-7,11,16-19H,8-10,12-15H2,1-3H3,(H,26,27)/b7-4+/t16-,17?,18?,19?,25?/m1/s1. The van der Waals surface area contributed by atoms with Crippen molar-refractivity contribution in [3.05, 3.63) is 29.8 Å². The van der Waals surface area contributed by atoms with Crippen molar-refractivity contribution in [3.8, 4) is 11.5 Å². The van der Waals surface area contributed by atoms with Gasteiger partial charge < -0.3 is 19.5 Å². The second kappa shape index (κ2) is 8.93. The van der Waals surface area contributed by atoms with Gasteiger partial charge in [-0.1, -0.05) is 0 Å². The lowest BCUT2D eigenvalue weighted by molar-refractivity contribution is -0.145. The number of ether oxygens (including phenoxy) is 3. The van der Waals surface area contributed by atoms with Gasteiger partial charge in [-0.25, -0.2) is 4.79 Å². The summed E-state index contributed by atoms with van der Waals surface area (Å²) in [5, 5.41) is 3.12. The van der Waals surface area contributed by atoms with Crippen LogP contribution in [-0.2, 0) is 14.3 Å². The molecule has 0 saturated heterocycles. The molecule has 6 nitrogen and oxygen atoms in total. The van der Waals surface area contributed by atoms with Crippen LogP contribution in [0.25, 0.3) is 6.08 Å². The maximum Gasteiger partial charge on any atom is 0.331 e. The van der Waals surface area contributed by atoms with Gasteiger partial charge in [0.25, 0.3) is 5.91 Å². The normalized spacial score (nSPS) is 29.6.